The summed E-state index contributed by atoms with van der Waals surface area (Å²) < 4.78 is 11.0. The van der Waals surface area contributed by atoms with Crippen molar-refractivity contribution in [3.05, 3.63) is 87.9 Å². The molecule has 0 aliphatic rings. The molecule has 3 aromatic carbocycles. The molecule has 0 spiro atoms. The molecule has 8 heteroatoms. The van der Waals surface area contributed by atoms with Crippen LogP contribution in [0.15, 0.2) is 66.2 Å². The monoisotopic (exact) mass is 489 g/mol. The average molecular weight is 490 g/mol. The van der Waals surface area contributed by atoms with Crippen molar-refractivity contribution in [3.63, 3.8) is 0 Å². The molecule has 0 atom stereocenters. The maximum Gasteiger partial charge on any atom is 0.266 e. The highest BCUT2D eigenvalue weighted by Crippen LogP contribution is 2.29. The number of hydrogen-bond donors (Lipinski definition) is 2. The summed E-state index contributed by atoms with van der Waals surface area (Å²) in [5, 5.41) is 15.5. The molecule has 0 bridgehead atoms. The van der Waals surface area contributed by atoms with E-state index in [0.29, 0.717) is 33.5 Å². The van der Waals surface area contributed by atoms with Gasteiger partial charge in [-0.15, -0.1) is 0 Å². The van der Waals surface area contributed by atoms with Crippen molar-refractivity contribution in [3.8, 4) is 17.6 Å². The van der Waals surface area contributed by atoms with Crippen LogP contribution in [0.5, 0.6) is 11.5 Å². The van der Waals surface area contributed by atoms with Crippen LogP contribution in [0.4, 0.5) is 11.4 Å². The van der Waals surface area contributed by atoms with Crippen LogP contribution < -0.4 is 20.1 Å². The molecule has 0 heterocycles. The normalized spacial score (nSPS) is 10.8. The lowest BCUT2D eigenvalue weighted by Gasteiger charge is -2.12. The predicted molar refractivity (Wildman–Crippen MR) is 137 cm³/mol. The lowest BCUT2D eigenvalue weighted by Crippen LogP contribution is -2.20. The standard InChI is InChI=1S/C27H24ClN3O4/c1-17-7-6-8-18(2)26(17)31-27(33)20(15-29)13-19-11-12-23(24(14-19)34-3)35-16-25(32)30-22-10-5-4-9-21(22)28/h4-14H,16H2,1-3H3,(H,30,32)(H,31,33)/b20-13+. The van der Waals surface area contributed by atoms with Gasteiger partial charge in [0.2, 0.25) is 0 Å². The van der Waals surface area contributed by atoms with Crippen LogP contribution in [-0.2, 0) is 9.59 Å². The second kappa shape index (κ2) is 11.7. The van der Waals surface area contributed by atoms with Gasteiger partial charge in [0.1, 0.15) is 11.6 Å². The minimum Gasteiger partial charge on any atom is -0.493 e. The van der Waals surface area contributed by atoms with Crippen LogP contribution in [-0.4, -0.2) is 25.5 Å². The summed E-state index contributed by atoms with van der Waals surface area (Å²) in [6.45, 7) is 3.51. The molecule has 2 amide bonds. The van der Waals surface area contributed by atoms with Crippen LogP contribution in [0.1, 0.15) is 16.7 Å². The van der Waals surface area contributed by atoms with Gasteiger partial charge in [-0.25, -0.2) is 0 Å². The largest absolute Gasteiger partial charge is 0.493 e. The topological polar surface area (TPSA) is 100 Å². The molecule has 35 heavy (non-hydrogen) atoms. The van der Waals surface area contributed by atoms with Gasteiger partial charge < -0.3 is 20.1 Å². The average Bonchev–Trinajstić information content (AvgIpc) is 2.85. The minimum atomic E-state index is -0.513. The van der Waals surface area contributed by atoms with E-state index in [4.69, 9.17) is 21.1 Å². The molecule has 3 aromatic rings. The molecule has 3 rings (SSSR count). The van der Waals surface area contributed by atoms with Crippen molar-refractivity contribution in [1.82, 2.24) is 0 Å². The third-order valence-electron chi connectivity index (χ3n) is 5.09. The number of nitriles is 1. The summed E-state index contributed by atoms with van der Waals surface area (Å²) in [5.41, 5.74) is 3.45. The molecule has 0 radical (unpaired) electrons. The Morgan fingerprint density at radius 3 is 2.37 bits per heavy atom. The number of anilines is 2. The first-order chi connectivity index (χ1) is 16.8. The Hall–Kier alpha value is -4.28. The Morgan fingerprint density at radius 1 is 1.00 bits per heavy atom. The van der Waals surface area contributed by atoms with Crippen LogP contribution in [0.2, 0.25) is 5.02 Å². The number of rotatable bonds is 8. The third kappa shape index (κ3) is 6.62. The Kier molecular flexibility index (Phi) is 8.49. The van der Waals surface area contributed by atoms with Crippen LogP contribution in [0.3, 0.4) is 0 Å². The number of nitrogens with zero attached hydrogens (tertiary/aromatic N) is 1. The lowest BCUT2D eigenvalue weighted by molar-refractivity contribution is -0.118. The van der Waals surface area contributed by atoms with Gasteiger partial charge in [0.05, 0.1) is 17.8 Å². The van der Waals surface area contributed by atoms with E-state index in [2.05, 4.69) is 10.6 Å². The molecule has 0 aromatic heterocycles. The smallest absolute Gasteiger partial charge is 0.266 e. The van der Waals surface area contributed by atoms with E-state index < -0.39 is 5.91 Å². The summed E-state index contributed by atoms with van der Waals surface area (Å²) >= 11 is 6.05. The number of ether oxygens (including phenoxy) is 2. The Balaban J connectivity index is 1.71. The van der Waals surface area contributed by atoms with E-state index in [-0.39, 0.29) is 18.1 Å². The van der Waals surface area contributed by atoms with E-state index in [1.54, 1.807) is 42.5 Å². The molecule has 0 unspecified atom stereocenters. The number of carbonyl (C=O) groups excluding carboxylic acids is 2. The molecule has 0 aliphatic heterocycles. The minimum absolute atomic E-state index is 0.0671. The molecular weight excluding hydrogens is 466 g/mol. The fourth-order valence-corrected chi connectivity index (χ4v) is 3.48. The zero-order chi connectivity index (χ0) is 25.4. The Bertz CT molecular complexity index is 1310. The van der Waals surface area contributed by atoms with Crippen molar-refractivity contribution < 1.29 is 19.1 Å². The van der Waals surface area contributed by atoms with Gasteiger partial charge in [-0.2, -0.15) is 5.26 Å². The van der Waals surface area contributed by atoms with Crippen LogP contribution >= 0.6 is 11.6 Å². The van der Waals surface area contributed by atoms with Crippen molar-refractivity contribution >= 4 is 40.9 Å². The summed E-state index contributed by atoms with van der Waals surface area (Å²) in [7, 11) is 1.46. The first-order valence-corrected chi connectivity index (χ1v) is 11.0. The van der Waals surface area contributed by atoms with Crippen molar-refractivity contribution in [1.29, 1.82) is 5.26 Å². The van der Waals surface area contributed by atoms with Gasteiger partial charge in [0.25, 0.3) is 11.8 Å². The fraction of sp³-hybridized carbons (Fsp3) is 0.148. The number of aryl methyl sites for hydroxylation is 2. The lowest BCUT2D eigenvalue weighted by atomic mass is 10.1. The maximum absolute atomic E-state index is 12.7. The molecule has 0 aliphatic carbocycles. The van der Waals surface area contributed by atoms with E-state index in [1.165, 1.54) is 13.2 Å². The first-order valence-electron chi connectivity index (χ1n) is 10.7. The number of halogens is 1. The highest BCUT2D eigenvalue weighted by molar-refractivity contribution is 6.33. The quantitative estimate of drug-likeness (QED) is 0.320. The molecule has 0 saturated heterocycles. The van der Waals surface area contributed by atoms with Gasteiger partial charge in [-0.3, -0.25) is 9.59 Å². The summed E-state index contributed by atoms with van der Waals surface area (Å²) in [4.78, 5) is 24.9. The Morgan fingerprint density at radius 2 is 1.71 bits per heavy atom. The number of benzene rings is 3. The molecule has 2 N–H and O–H groups in total. The Labute approximate surface area is 208 Å². The number of amides is 2. The van der Waals surface area contributed by atoms with Crippen molar-refractivity contribution in [2.45, 2.75) is 13.8 Å². The summed E-state index contributed by atoms with van der Waals surface area (Å²) in [6.07, 6.45) is 1.46. The molecule has 7 nitrogen and oxygen atoms in total. The summed E-state index contributed by atoms with van der Waals surface area (Å²) in [5.74, 6) is -0.228. The van der Waals surface area contributed by atoms with Crippen LogP contribution in [0, 0.1) is 25.2 Å². The highest BCUT2D eigenvalue weighted by atomic mass is 35.5. The van der Waals surface area contributed by atoms with Crippen molar-refractivity contribution in [2.75, 3.05) is 24.4 Å². The number of para-hydroxylation sites is 2. The first kappa shape index (κ1) is 25.3. The van der Waals surface area contributed by atoms with Gasteiger partial charge >= 0.3 is 0 Å². The second-order valence-electron chi connectivity index (χ2n) is 7.62. The van der Waals surface area contributed by atoms with Gasteiger partial charge in [0, 0.05) is 5.69 Å². The fourth-order valence-electron chi connectivity index (χ4n) is 3.29. The molecule has 0 saturated carbocycles. The molecule has 0 fully saturated rings. The molecular formula is C27H24ClN3O4. The van der Waals surface area contributed by atoms with E-state index in [0.717, 1.165) is 11.1 Å². The van der Waals surface area contributed by atoms with E-state index >= 15 is 0 Å². The zero-order valence-corrected chi connectivity index (χ0v) is 20.3. The van der Waals surface area contributed by atoms with Gasteiger partial charge in [-0.05, 0) is 60.9 Å². The maximum atomic E-state index is 12.7. The number of methoxy groups -OCH3 is 1. The zero-order valence-electron chi connectivity index (χ0n) is 19.5. The number of carbonyl (C=O) groups is 2. The molecule has 178 valence electrons. The number of hydrogen-bond acceptors (Lipinski definition) is 5. The third-order valence-corrected chi connectivity index (χ3v) is 5.42. The van der Waals surface area contributed by atoms with Crippen LogP contribution in [0.25, 0.3) is 6.08 Å². The second-order valence-corrected chi connectivity index (χ2v) is 8.02. The van der Waals surface area contributed by atoms with Gasteiger partial charge in [-0.1, -0.05) is 48.0 Å². The van der Waals surface area contributed by atoms with E-state index in [1.807, 2.05) is 38.1 Å². The summed E-state index contributed by atoms with van der Waals surface area (Å²) in [6, 6.07) is 19.4. The predicted octanol–water partition coefficient (Wildman–Crippen LogP) is 5.53. The number of nitrogens with one attached hydrogen (secondary N) is 2. The highest BCUT2D eigenvalue weighted by Gasteiger charge is 2.14. The van der Waals surface area contributed by atoms with E-state index in [9.17, 15) is 14.9 Å². The van der Waals surface area contributed by atoms with Gasteiger partial charge in [0.15, 0.2) is 18.1 Å². The van der Waals surface area contributed by atoms with Crippen molar-refractivity contribution in [2.24, 2.45) is 0 Å². The SMILES string of the molecule is COc1cc(/C=C(\C#N)C(=O)Nc2c(C)cccc2C)ccc1OCC(=O)Nc1ccccc1Cl.